The molecule has 0 amide bonds. The van der Waals surface area contributed by atoms with Crippen LogP contribution in [0.15, 0.2) is 30.3 Å². The number of rotatable bonds is 6. The highest BCUT2D eigenvalue weighted by atomic mass is 14.6. The molecule has 1 aromatic carbocycles. The molecule has 2 nitrogen and oxygen atoms in total. The van der Waals surface area contributed by atoms with Gasteiger partial charge in [-0.3, -0.25) is 0 Å². The molecule has 1 rings (SSSR count). The summed E-state index contributed by atoms with van der Waals surface area (Å²) < 4.78 is 0. The number of benzene rings is 1. The Hall–Kier alpha value is -0.860. The van der Waals surface area contributed by atoms with E-state index in [1.165, 1.54) is 5.56 Å². The summed E-state index contributed by atoms with van der Waals surface area (Å²) in [6.07, 6.45) is 2.26. The molecule has 0 saturated heterocycles. The first kappa shape index (κ1) is 12.2. The van der Waals surface area contributed by atoms with Crippen molar-refractivity contribution < 1.29 is 0 Å². The van der Waals surface area contributed by atoms with E-state index in [2.05, 4.69) is 37.3 Å². The van der Waals surface area contributed by atoms with Crippen LogP contribution in [0.25, 0.3) is 0 Å². The van der Waals surface area contributed by atoms with Crippen LogP contribution in [0.5, 0.6) is 0 Å². The average molecular weight is 206 g/mol. The van der Waals surface area contributed by atoms with E-state index in [4.69, 9.17) is 11.5 Å². The molecule has 1 atom stereocenters. The van der Waals surface area contributed by atoms with Crippen LogP contribution in [0, 0.1) is 5.92 Å². The van der Waals surface area contributed by atoms with Crippen molar-refractivity contribution in [2.75, 3.05) is 13.1 Å². The lowest BCUT2D eigenvalue weighted by Crippen LogP contribution is -2.25. The first-order valence-electron chi connectivity index (χ1n) is 5.76. The molecule has 0 saturated carbocycles. The van der Waals surface area contributed by atoms with Crippen LogP contribution in [0.3, 0.4) is 0 Å². The summed E-state index contributed by atoms with van der Waals surface area (Å²) in [5.74, 6) is 1.05. The first-order valence-corrected chi connectivity index (χ1v) is 5.76. The maximum atomic E-state index is 5.68. The van der Waals surface area contributed by atoms with Gasteiger partial charge in [0.05, 0.1) is 0 Å². The van der Waals surface area contributed by atoms with Crippen molar-refractivity contribution in [2.45, 2.75) is 25.7 Å². The molecule has 0 heterocycles. The van der Waals surface area contributed by atoms with Crippen molar-refractivity contribution in [3.8, 4) is 0 Å². The maximum absolute atomic E-state index is 5.68. The average Bonchev–Trinajstić information content (AvgIpc) is 2.32. The molecule has 2 heteroatoms. The summed E-state index contributed by atoms with van der Waals surface area (Å²) in [6, 6.07) is 10.6. The Morgan fingerprint density at radius 1 is 1.07 bits per heavy atom. The van der Waals surface area contributed by atoms with Crippen molar-refractivity contribution >= 4 is 0 Å². The van der Waals surface area contributed by atoms with Crippen LogP contribution in [-0.2, 0) is 0 Å². The van der Waals surface area contributed by atoms with E-state index in [0.29, 0.717) is 24.9 Å². The van der Waals surface area contributed by atoms with Gasteiger partial charge in [0.1, 0.15) is 0 Å². The molecule has 4 N–H and O–H groups in total. The lowest BCUT2D eigenvalue weighted by Gasteiger charge is -2.20. The predicted octanol–water partition coefficient (Wildman–Crippen LogP) is 2.10. The van der Waals surface area contributed by atoms with Gasteiger partial charge < -0.3 is 11.5 Å². The Labute approximate surface area is 92.7 Å². The zero-order valence-electron chi connectivity index (χ0n) is 9.52. The fourth-order valence-electron chi connectivity index (χ4n) is 1.95. The van der Waals surface area contributed by atoms with Crippen molar-refractivity contribution in [3.63, 3.8) is 0 Å². The van der Waals surface area contributed by atoms with Crippen molar-refractivity contribution in [1.29, 1.82) is 0 Å². The highest BCUT2D eigenvalue weighted by molar-refractivity contribution is 5.19. The number of nitrogens with two attached hydrogens (primary N) is 2. The molecule has 0 spiro atoms. The molecule has 0 fully saturated rings. The van der Waals surface area contributed by atoms with Crippen LogP contribution in [-0.4, -0.2) is 13.1 Å². The van der Waals surface area contributed by atoms with E-state index in [1.807, 2.05) is 0 Å². The zero-order valence-corrected chi connectivity index (χ0v) is 9.52. The minimum absolute atomic E-state index is 0.454. The molecule has 0 bridgehead atoms. The summed E-state index contributed by atoms with van der Waals surface area (Å²) in [4.78, 5) is 0. The smallest absolute Gasteiger partial charge is 0.00366 e. The van der Waals surface area contributed by atoms with E-state index >= 15 is 0 Å². The fraction of sp³-hybridized carbons (Fsp3) is 0.538. The molecule has 0 radical (unpaired) electrons. The number of hydrogen-bond donors (Lipinski definition) is 2. The quantitative estimate of drug-likeness (QED) is 0.749. The molecule has 0 aliphatic heterocycles. The third-order valence-corrected chi connectivity index (χ3v) is 3.05. The van der Waals surface area contributed by atoms with Gasteiger partial charge in [-0.1, -0.05) is 37.3 Å². The Balaban J connectivity index is 2.64. The van der Waals surface area contributed by atoms with Gasteiger partial charge in [0.2, 0.25) is 0 Å². The normalized spacial score (nSPS) is 13.1. The molecule has 15 heavy (non-hydrogen) atoms. The molecular formula is C13H22N2. The Morgan fingerprint density at radius 2 is 1.67 bits per heavy atom. The van der Waals surface area contributed by atoms with Crippen LogP contribution in [0.4, 0.5) is 0 Å². The summed E-state index contributed by atoms with van der Waals surface area (Å²) in [5.41, 5.74) is 12.8. The fourth-order valence-corrected chi connectivity index (χ4v) is 1.95. The van der Waals surface area contributed by atoms with E-state index in [0.717, 1.165) is 12.8 Å². The van der Waals surface area contributed by atoms with Gasteiger partial charge in [0.25, 0.3) is 0 Å². The van der Waals surface area contributed by atoms with Crippen LogP contribution < -0.4 is 11.5 Å². The molecule has 0 aliphatic carbocycles. The highest BCUT2D eigenvalue weighted by Crippen LogP contribution is 2.26. The standard InChI is InChI=1S/C13H22N2/c1-2-12(8-11(9-14)10-15)13-6-4-3-5-7-13/h3-7,11-12H,2,8-10,14-15H2,1H3. The largest absolute Gasteiger partial charge is 0.330 e. The van der Waals surface area contributed by atoms with Crippen molar-refractivity contribution in [3.05, 3.63) is 35.9 Å². The van der Waals surface area contributed by atoms with E-state index in [9.17, 15) is 0 Å². The maximum Gasteiger partial charge on any atom is -0.00366 e. The Kier molecular flexibility index (Phi) is 5.37. The van der Waals surface area contributed by atoms with Gasteiger partial charge in [0, 0.05) is 0 Å². The van der Waals surface area contributed by atoms with Gasteiger partial charge in [-0.05, 0) is 43.3 Å². The minimum Gasteiger partial charge on any atom is -0.330 e. The minimum atomic E-state index is 0.454. The Morgan fingerprint density at radius 3 is 2.13 bits per heavy atom. The third-order valence-electron chi connectivity index (χ3n) is 3.05. The molecular weight excluding hydrogens is 184 g/mol. The predicted molar refractivity (Wildman–Crippen MR) is 65.7 cm³/mol. The lowest BCUT2D eigenvalue weighted by molar-refractivity contribution is 0.442. The summed E-state index contributed by atoms with van der Waals surface area (Å²) in [6.45, 7) is 3.61. The van der Waals surface area contributed by atoms with Gasteiger partial charge in [0.15, 0.2) is 0 Å². The third kappa shape index (κ3) is 3.65. The second kappa shape index (κ2) is 6.59. The Bertz CT molecular complexity index is 254. The van der Waals surface area contributed by atoms with Gasteiger partial charge >= 0.3 is 0 Å². The van der Waals surface area contributed by atoms with E-state index in [1.54, 1.807) is 0 Å². The molecule has 1 aromatic rings. The monoisotopic (exact) mass is 206 g/mol. The van der Waals surface area contributed by atoms with Crippen molar-refractivity contribution in [2.24, 2.45) is 17.4 Å². The summed E-state index contributed by atoms with van der Waals surface area (Å²) in [7, 11) is 0. The van der Waals surface area contributed by atoms with Gasteiger partial charge in [-0.25, -0.2) is 0 Å². The summed E-state index contributed by atoms with van der Waals surface area (Å²) in [5, 5.41) is 0. The summed E-state index contributed by atoms with van der Waals surface area (Å²) >= 11 is 0. The van der Waals surface area contributed by atoms with Gasteiger partial charge in [-0.15, -0.1) is 0 Å². The second-order valence-electron chi connectivity index (χ2n) is 4.09. The SMILES string of the molecule is CCC(CC(CN)CN)c1ccccc1. The van der Waals surface area contributed by atoms with Gasteiger partial charge in [-0.2, -0.15) is 0 Å². The first-order chi connectivity index (χ1) is 7.31. The number of hydrogen-bond acceptors (Lipinski definition) is 2. The van der Waals surface area contributed by atoms with Crippen LogP contribution in [0.2, 0.25) is 0 Å². The topological polar surface area (TPSA) is 52.0 Å². The van der Waals surface area contributed by atoms with E-state index in [-0.39, 0.29) is 0 Å². The molecule has 0 aromatic heterocycles. The van der Waals surface area contributed by atoms with Crippen LogP contribution in [0.1, 0.15) is 31.2 Å². The zero-order chi connectivity index (χ0) is 11.1. The highest BCUT2D eigenvalue weighted by Gasteiger charge is 2.14. The van der Waals surface area contributed by atoms with Crippen molar-refractivity contribution in [1.82, 2.24) is 0 Å². The molecule has 84 valence electrons. The van der Waals surface area contributed by atoms with E-state index < -0.39 is 0 Å². The van der Waals surface area contributed by atoms with Crippen LogP contribution >= 0.6 is 0 Å². The second-order valence-corrected chi connectivity index (χ2v) is 4.09. The lowest BCUT2D eigenvalue weighted by atomic mass is 9.87. The molecule has 1 unspecified atom stereocenters. The molecule has 0 aliphatic rings.